The smallest absolute Gasteiger partial charge is 0.272 e. The number of amides is 3. The molecule has 6 atom stereocenters. The number of nitrogens with zero attached hydrogens (tertiary/aromatic N) is 6. The van der Waals surface area contributed by atoms with Crippen LogP contribution >= 0.6 is 0 Å². The van der Waals surface area contributed by atoms with Crippen molar-refractivity contribution < 1.29 is 19.1 Å². The van der Waals surface area contributed by atoms with Crippen LogP contribution < -0.4 is 15.5 Å². The third-order valence-corrected chi connectivity index (χ3v) is 10.9. The van der Waals surface area contributed by atoms with Gasteiger partial charge in [0.05, 0.1) is 36.1 Å². The molecule has 0 spiro atoms. The fourth-order valence-corrected chi connectivity index (χ4v) is 7.74. The number of likely N-dealkylation sites (N-methyl/N-ethyl adjacent to an activating group) is 1. The Hall–Kier alpha value is -4.81. The first-order valence-corrected chi connectivity index (χ1v) is 17.9. The number of rotatable bonds is 11. The number of piperidine rings is 1. The summed E-state index contributed by atoms with van der Waals surface area (Å²) in [6.45, 7) is 8.50. The molecule has 2 aromatic carbocycles. The number of hydrogen-bond donors (Lipinski definition) is 2. The van der Waals surface area contributed by atoms with E-state index >= 15 is 0 Å². The quantitative estimate of drug-likeness (QED) is 0.248. The summed E-state index contributed by atoms with van der Waals surface area (Å²) in [5.74, 6) is -0.668. The van der Waals surface area contributed by atoms with Gasteiger partial charge in [0, 0.05) is 56.3 Å². The molecule has 6 heterocycles. The molecule has 2 N–H and O–H groups in total. The number of carbonyl (C=O) groups is 3. The molecule has 0 radical (unpaired) electrons. The summed E-state index contributed by atoms with van der Waals surface area (Å²) in [7, 11) is 0. The summed E-state index contributed by atoms with van der Waals surface area (Å²) >= 11 is 0. The lowest BCUT2D eigenvalue weighted by Crippen LogP contribution is -2.61. The topological polar surface area (TPSA) is 127 Å². The molecule has 12 heteroatoms. The van der Waals surface area contributed by atoms with E-state index < -0.39 is 17.9 Å². The first-order chi connectivity index (χ1) is 24.3. The molecule has 4 aromatic rings. The van der Waals surface area contributed by atoms with Crippen LogP contribution in [0, 0.1) is 5.92 Å². The average molecular weight is 677 g/mol. The maximum atomic E-state index is 14.4. The minimum atomic E-state index is -0.903. The van der Waals surface area contributed by atoms with E-state index in [0.29, 0.717) is 37.2 Å². The monoisotopic (exact) mass is 676 g/mol. The van der Waals surface area contributed by atoms with E-state index in [9.17, 15) is 14.4 Å². The molecule has 12 nitrogen and oxygen atoms in total. The third-order valence-electron chi connectivity index (χ3n) is 10.9. The molecule has 4 aliphatic heterocycles. The van der Waals surface area contributed by atoms with Crippen molar-refractivity contribution in [1.29, 1.82) is 0 Å². The molecule has 2 bridgehead atoms. The fraction of sp³-hybridized carbons (Fsp3) is 0.447. The molecule has 2 aromatic heterocycles. The number of aromatic nitrogens is 4. The molecular weight excluding hydrogens is 632 g/mol. The van der Waals surface area contributed by atoms with Crippen molar-refractivity contribution in [2.24, 2.45) is 5.92 Å². The molecule has 260 valence electrons. The van der Waals surface area contributed by atoms with Crippen LogP contribution in [0.5, 0.6) is 0 Å². The number of benzene rings is 2. The van der Waals surface area contributed by atoms with Crippen LogP contribution in [-0.2, 0) is 20.9 Å². The minimum absolute atomic E-state index is 0.00306. The van der Waals surface area contributed by atoms with E-state index in [1.165, 1.54) is 0 Å². The number of fused-ring (bicyclic) bond motifs is 3. The fourth-order valence-electron chi connectivity index (χ4n) is 7.74. The van der Waals surface area contributed by atoms with Gasteiger partial charge in [-0.3, -0.25) is 28.9 Å². The number of para-hydroxylation sites is 1. The average Bonchev–Trinajstić information content (AvgIpc) is 3.70. The molecule has 9 rings (SSSR count). The maximum Gasteiger partial charge on any atom is 0.272 e. The van der Waals surface area contributed by atoms with Crippen LogP contribution in [0.4, 0.5) is 5.82 Å². The molecule has 4 fully saturated rings. The molecule has 5 aliphatic rings. The minimum Gasteiger partial charge on any atom is -0.372 e. The molecule has 50 heavy (non-hydrogen) atoms. The number of ether oxygens (including phenoxy) is 1. The lowest BCUT2D eigenvalue weighted by Gasteiger charge is -2.49. The van der Waals surface area contributed by atoms with E-state index in [1.807, 2.05) is 79.3 Å². The third kappa shape index (κ3) is 6.00. The van der Waals surface area contributed by atoms with Gasteiger partial charge in [0.2, 0.25) is 5.91 Å². The SMILES string of the molecule is CCN1C(=O)[C@@H](NC(=O)c2ccn(C3CC3)n2)[C@H](c2cccc(CNC(=O)C(C)C(C)N3CC4CC(C3)O4)c2)c2cnn(-c3ccccc3)c21. The molecular formula is C38H44N8O4. The number of hydrogen-bond acceptors (Lipinski definition) is 7. The van der Waals surface area contributed by atoms with Crippen molar-refractivity contribution in [2.45, 2.75) is 82.8 Å². The van der Waals surface area contributed by atoms with Crippen LogP contribution in [0.25, 0.3) is 5.69 Å². The number of nitrogens with one attached hydrogen (secondary N) is 2. The van der Waals surface area contributed by atoms with Gasteiger partial charge in [-0.1, -0.05) is 49.4 Å². The highest BCUT2D eigenvalue weighted by Gasteiger charge is 2.45. The Balaban J connectivity index is 1.08. The number of morpholine rings is 1. The van der Waals surface area contributed by atoms with Crippen LogP contribution in [0.3, 0.4) is 0 Å². The molecule has 1 saturated carbocycles. The highest BCUT2D eigenvalue weighted by atomic mass is 16.5. The summed E-state index contributed by atoms with van der Waals surface area (Å²) in [5.41, 5.74) is 3.69. The Morgan fingerprint density at radius 2 is 1.78 bits per heavy atom. The second-order valence-electron chi connectivity index (χ2n) is 14.2. The van der Waals surface area contributed by atoms with Crippen LogP contribution in [-0.4, -0.2) is 86.1 Å². The van der Waals surface area contributed by atoms with Crippen LogP contribution in [0.1, 0.15) is 79.2 Å². The molecule has 3 amide bonds. The Morgan fingerprint density at radius 3 is 2.50 bits per heavy atom. The lowest BCUT2D eigenvalue weighted by atomic mass is 9.82. The Morgan fingerprint density at radius 1 is 1.02 bits per heavy atom. The van der Waals surface area contributed by atoms with Gasteiger partial charge in [-0.15, -0.1) is 0 Å². The molecule has 1 aliphatic carbocycles. The van der Waals surface area contributed by atoms with Gasteiger partial charge in [-0.05, 0) is 56.0 Å². The summed E-state index contributed by atoms with van der Waals surface area (Å²) < 4.78 is 9.42. The van der Waals surface area contributed by atoms with Crippen molar-refractivity contribution in [2.75, 3.05) is 24.5 Å². The van der Waals surface area contributed by atoms with Crippen molar-refractivity contribution in [3.05, 3.63) is 95.4 Å². The molecule has 4 unspecified atom stereocenters. The summed E-state index contributed by atoms with van der Waals surface area (Å²) in [6, 6.07) is 18.9. The van der Waals surface area contributed by atoms with Crippen LogP contribution in [0.15, 0.2) is 73.1 Å². The van der Waals surface area contributed by atoms with Crippen molar-refractivity contribution in [3.63, 3.8) is 0 Å². The first-order valence-electron chi connectivity index (χ1n) is 17.9. The number of anilines is 1. The van der Waals surface area contributed by atoms with E-state index in [4.69, 9.17) is 9.84 Å². The zero-order valence-corrected chi connectivity index (χ0v) is 28.7. The highest BCUT2D eigenvalue weighted by molar-refractivity contribution is 6.04. The summed E-state index contributed by atoms with van der Waals surface area (Å²) in [6.07, 6.45) is 7.43. The van der Waals surface area contributed by atoms with Gasteiger partial charge < -0.3 is 15.4 Å². The maximum absolute atomic E-state index is 14.4. The standard InChI is InChI=1S/C38H44N8O4/c1-4-44-37-31(20-40-46(37)28-11-6-5-7-12-28)33(34(38(44)49)41-36(48)32-15-16-45(42-32)27-13-14-27)26-10-8-9-25(17-26)19-39-35(47)23(2)24(3)43-21-29-18-30(22-43)50-29/h5-12,15-17,20,23-24,27,29-30,33-34H,4,13-14,18-19,21-22H2,1-3H3,(H,39,47)(H,41,48)/t23?,24?,29?,30?,33-,34+/m1/s1. The Labute approximate surface area is 291 Å². The van der Waals surface area contributed by atoms with Gasteiger partial charge in [0.1, 0.15) is 17.6 Å². The first kappa shape index (κ1) is 32.4. The van der Waals surface area contributed by atoms with E-state index in [2.05, 4.69) is 27.6 Å². The van der Waals surface area contributed by atoms with Gasteiger partial charge in [0.15, 0.2) is 0 Å². The highest BCUT2D eigenvalue weighted by Crippen LogP contribution is 2.42. The van der Waals surface area contributed by atoms with E-state index in [0.717, 1.165) is 54.7 Å². The second-order valence-corrected chi connectivity index (χ2v) is 14.2. The van der Waals surface area contributed by atoms with E-state index in [-0.39, 0.29) is 29.5 Å². The zero-order chi connectivity index (χ0) is 34.5. The summed E-state index contributed by atoms with van der Waals surface area (Å²) in [5, 5.41) is 15.5. The summed E-state index contributed by atoms with van der Waals surface area (Å²) in [4.78, 5) is 45.6. The van der Waals surface area contributed by atoms with Crippen molar-refractivity contribution >= 4 is 23.5 Å². The van der Waals surface area contributed by atoms with Crippen molar-refractivity contribution in [1.82, 2.24) is 35.1 Å². The van der Waals surface area contributed by atoms with E-state index in [1.54, 1.807) is 21.8 Å². The predicted molar refractivity (Wildman–Crippen MR) is 187 cm³/mol. The second kappa shape index (κ2) is 13.1. The molecule has 3 saturated heterocycles. The normalized spacial score (nSPS) is 24.2. The van der Waals surface area contributed by atoms with Gasteiger partial charge in [-0.25, -0.2) is 4.68 Å². The van der Waals surface area contributed by atoms with Gasteiger partial charge in [-0.2, -0.15) is 10.2 Å². The zero-order valence-electron chi connectivity index (χ0n) is 28.7. The van der Waals surface area contributed by atoms with Crippen LogP contribution in [0.2, 0.25) is 0 Å². The largest absolute Gasteiger partial charge is 0.372 e. The Bertz CT molecular complexity index is 1880. The van der Waals surface area contributed by atoms with Gasteiger partial charge >= 0.3 is 0 Å². The number of carbonyl (C=O) groups excluding carboxylic acids is 3. The predicted octanol–water partition coefficient (Wildman–Crippen LogP) is 3.81. The van der Waals surface area contributed by atoms with Crippen molar-refractivity contribution in [3.8, 4) is 5.69 Å². The lowest BCUT2D eigenvalue weighted by molar-refractivity contribution is -0.190. The Kier molecular flexibility index (Phi) is 8.52. The van der Waals surface area contributed by atoms with Gasteiger partial charge in [0.25, 0.3) is 11.8 Å².